The van der Waals surface area contributed by atoms with Crippen molar-refractivity contribution >= 4 is 11.4 Å². The predicted octanol–water partition coefficient (Wildman–Crippen LogP) is 3.31. The zero-order valence-electron chi connectivity index (χ0n) is 10.2. The highest BCUT2D eigenvalue weighted by molar-refractivity contribution is 5.69. The maximum atomic E-state index is 13.9. The van der Waals surface area contributed by atoms with Gasteiger partial charge < -0.3 is 10.6 Å². The van der Waals surface area contributed by atoms with Crippen molar-refractivity contribution in [3.8, 4) is 0 Å². The summed E-state index contributed by atoms with van der Waals surface area (Å²) in [4.78, 5) is 1.94. The van der Waals surface area contributed by atoms with Crippen molar-refractivity contribution in [2.45, 2.75) is 45.2 Å². The topological polar surface area (TPSA) is 29.3 Å². The lowest BCUT2D eigenvalue weighted by molar-refractivity contribution is 0.500. The van der Waals surface area contributed by atoms with Crippen molar-refractivity contribution in [2.24, 2.45) is 0 Å². The minimum absolute atomic E-state index is 0.207. The largest absolute Gasteiger partial charge is 0.397 e. The van der Waals surface area contributed by atoms with Gasteiger partial charge in [0, 0.05) is 12.1 Å². The van der Waals surface area contributed by atoms with Crippen LogP contribution in [-0.4, -0.2) is 12.1 Å². The van der Waals surface area contributed by atoms with Crippen LogP contribution in [0.1, 0.15) is 33.1 Å². The first-order valence-corrected chi connectivity index (χ1v) is 6.08. The molecule has 0 amide bonds. The van der Waals surface area contributed by atoms with Gasteiger partial charge in [-0.15, -0.1) is 0 Å². The van der Waals surface area contributed by atoms with Gasteiger partial charge in [-0.25, -0.2) is 8.78 Å². The average molecular weight is 240 g/mol. The van der Waals surface area contributed by atoms with E-state index in [4.69, 9.17) is 5.73 Å². The number of rotatable bonds is 2. The fourth-order valence-electron chi connectivity index (χ4n) is 2.69. The molecular formula is C13H18F2N2. The molecule has 94 valence electrons. The fourth-order valence-corrected chi connectivity index (χ4v) is 2.69. The molecule has 1 saturated heterocycles. The first kappa shape index (κ1) is 12.1. The van der Waals surface area contributed by atoms with Crippen LogP contribution in [0.5, 0.6) is 0 Å². The van der Waals surface area contributed by atoms with E-state index in [1.165, 1.54) is 6.07 Å². The quantitative estimate of drug-likeness (QED) is 0.803. The minimum Gasteiger partial charge on any atom is -0.397 e. The molecule has 1 aliphatic heterocycles. The second-order valence-electron chi connectivity index (χ2n) is 4.69. The van der Waals surface area contributed by atoms with Crippen LogP contribution in [0.3, 0.4) is 0 Å². The number of nitrogen functional groups attached to an aromatic ring is 1. The van der Waals surface area contributed by atoms with Crippen LogP contribution in [0.25, 0.3) is 0 Å². The molecule has 1 heterocycles. The van der Waals surface area contributed by atoms with E-state index in [-0.39, 0.29) is 17.8 Å². The lowest BCUT2D eigenvalue weighted by Gasteiger charge is -2.31. The van der Waals surface area contributed by atoms with Gasteiger partial charge in [0.1, 0.15) is 0 Å². The predicted molar refractivity (Wildman–Crippen MR) is 66.0 cm³/mol. The Morgan fingerprint density at radius 2 is 2.06 bits per heavy atom. The second-order valence-corrected chi connectivity index (χ2v) is 4.69. The molecule has 1 fully saturated rings. The number of halogens is 2. The van der Waals surface area contributed by atoms with Gasteiger partial charge in [0.2, 0.25) is 0 Å². The van der Waals surface area contributed by atoms with Gasteiger partial charge in [-0.1, -0.05) is 6.92 Å². The molecule has 0 aromatic heterocycles. The van der Waals surface area contributed by atoms with Crippen molar-refractivity contribution in [3.05, 3.63) is 23.8 Å². The summed E-state index contributed by atoms with van der Waals surface area (Å²) in [5.74, 6) is -1.65. The summed E-state index contributed by atoms with van der Waals surface area (Å²) >= 11 is 0. The zero-order chi connectivity index (χ0) is 12.6. The number of hydrogen-bond acceptors (Lipinski definition) is 2. The third-order valence-electron chi connectivity index (χ3n) is 3.62. The maximum Gasteiger partial charge on any atom is 0.184 e. The molecule has 1 aromatic rings. The Kier molecular flexibility index (Phi) is 3.22. The number of nitrogens with two attached hydrogens (primary N) is 1. The molecule has 0 saturated carbocycles. The third-order valence-corrected chi connectivity index (χ3v) is 3.62. The molecule has 0 bridgehead atoms. The number of nitrogens with zero attached hydrogens (tertiary/aromatic N) is 1. The van der Waals surface area contributed by atoms with E-state index in [1.54, 1.807) is 0 Å². The van der Waals surface area contributed by atoms with Crippen molar-refractivity contribution in [2.75, 3.05) is 10.6 Å². The monoisotopic (exact) mass is 240 g/mol. The Bertz CT molecular complexity index is 420. The van der Waals surface area contributed by atoms with E-state index >= 15 is 0 Å². The summed E-state index contributed by atoms with van der Waals surface area (Å²) in [5.41, 5.74) is 6.35. The molecule has 1 aliphatic rings. The molecule has 2 atom stereocenters. The Hall–Kier alpha value is -1.32. The van der Waals surface area contributed by atoms with Crippen molar-refractivity contribution in [3.63, 3.8) is 0 Å². The molecule has 0 aliphatic carbocycles. The molecule has 2 nitrogen and oxygen atoms in total. The van der Waals surface area contributed by atoms with Crippen LogP contribution in [-0.2, 0) is 0 Å². The molecular weight excluding hydrogens is 222 g/mol. The summed E-state index contributed by atoms with van der Waals surface area (Å²) in [6, 6.07) is 2.98. The van der Waals surface area contributed by atoms with E-state index in [9.17, 15) is 8.78 Å². The normalized spacial score (nSPS) is 24.4. The summed E-state index contributed by atoms with van der Waals surface area (Å²) < 4.78 is 27.2. The van der Waals surface area contributed by atoms with Crippen LogP contribution in [0.15, 0.2) is 12.1 Å². The van der Waals surface area contributed by atoms with Gasteiger partial charge >= 0.3 is 0 Å². The molecule has 4 heteroatoms. The maximum absolute atomic E-state index is 13.9. The van der Waals surface area contributed by atoms with E-state index in [2.05, 4.69) is 6.92 Å². The summed E-state index contributed by atoms with van der Waals surface area (Å²) in [6.45, 7) is 4.09. The van der Waals surface area contributed by atoms with Crippen LogP contribution >= 0.6 is 0 Å². The SMILES string of the molecule is CCC1CCC(C)N1c1c(N)ccc(F)c1F. The van der Waals surface area contributed by atoms with Crippen LogP contribution < -0.4 is 10.6 Å². The smallest absolute Gasteiger partial charge is 0.184 e. The van der Waals surface area contributed by atoms with E-state index in [0.717, 1.165) is 25.3 Å². The lowest BCUT2D eigenvalue weighted by atomic mass is 10.1. The van der Waals surface area contributed by atoms with Gasteiger partial charge in [-0.3, -0.25) is 0 Å². The van der Waals surface area contributed by atoms with Gasteiger partial charge in [-0.2, -0.15) is 0 Å². The molecule has 0 spiro atoms. The highest BCUT2D eigenvalue weighted by atomic mass is 19.2. The Labute approximate surface area is 100 Å². The Morgan fingerprint density at radius 1 is 1.35 bits per heavy atom. The Morgan fingerprint density at radius 3 is 2.71 bits per heavy atom. The number of anilines is 2. The number of benzene rings is 1. The third kappa shape index (κ3) is 1.96. The lowest BCUT2D eigenvalue weighted by Crippen LogP contribution is -2.35. The molecule has 0 radical (unpaired) electrons. The van der Waals surface area contributed by atoms with Gasteiger partial charge in [0.05, 0.1) is 11.4 Å². The van der Waals surface area contributed by atoms with E-state index in [1.807, 2.05) is 11.8 Å². The number of hydrogen-bond donors (Lipinski definition) is 1. The fraction of sp³-hybridized carbons (Fsp3) is 0.538. The van der Waals surface area contributed by atoms with Crippen molar-refractivity contribution < 1.29 is 8.78 Å². The summed E-state index contributed by atoms with van der Waals surface area (Å²) in [6.07, 6.45) is 2.92. The highest BCUT2D eigenvalue weighted by Gasteiger charge is 2.33. The standard InChI is InChI=1S/C13H18F2N2/c1-3-9-5-4-8(2)17(9)13-11(16)7-6-10(14)12(13)15/h6-9H,3-5,16H2,1-2H3. The molecule has 2 unspecified atom stereocenters. The van der Waals surface area contributed by atoms with Crippen LogP contribution in [0, 0.1) is 11.6 Å². The molecule has 1 aromatic carbocycles. The van der Waals surface area contributed by atoms with E-state index < -0.39 is 11.6 Å². The van der Waals surface area contributed by atoms with Crippen LogP contribution in [0.4, 0.5) is 20.2 Å². The first-order chi connectivity index (χ1) is 8.06. The first-order valence-electron chi connectivity index (χ1n) is 6.08. The highest BCUT2D eigenvalue weighted by Crippen LogP contribution is 2.37. The van der Waals surface area contributed by atoms with E-state index in [0.29, 0.717) is 5.69 Å². The Balaban J connectivity index is 2.48. The van der Waals surface area contributed by atoms with Gasteiger partial charge in [0.25, 0.3) is 0 Å². The van der Waals surface area contributed by atoms with Gasteiger partial charge in [0.15, 0.2) is 11.6 Å². The summed E-state index contributed by atoms with van der Waals surface area (Å²) in [7, 11) is 0. The molecule has 17 heavy (non-hydrogen) atoms. The van der Waals surface area contributed by atoms with Crippen LogP contribution in [0.2, 0.25) is 0 Å². The molecule has 2 N–H and O–H groups in total. The second kappa shape index (κ2) is 4.51. The molecule has 2 rings (SSSR count). The minimum atomic E-state index is -0.830. The zero-order valence-corrected chi connectivity index (χ0v) is 10.2. The van der Waals surface area contributed by atoms with Crippen molar-refractivity contribution in [1.29, 1.82) is 0 Å². The van der Waals surface area contributed by atoms with Gasteiger partial charge in [-0.05, 0) is 38.3 Å². The average Bonchev–Trinajstić information content (AvgIpc) is 2.67. The summed E-state index contributed by atoms with van der Waals surface area (Å²) in [5, 5.41) is 0. The van der Waals surface area contributed by atoms with Crippen molar-refractivity contribution in [1.82, 2.24) is 0 Å².